The number of nitrogens with zero attached hydrogens (tertiary/aromatic N) is 2. The number of carbonyl (C=O) groups excluding carboxylic acids is 2. The van der Waals surface area contributed by atoms with E-state index in [4.69, 9.17) is 14.6 Å². The van der Waals surface area contributed by atoms with Crippen LogP contribution in [-0.4, -0.2) is 60.1 Å². The summed E-state index contributed by atoms with van der Waals surface area (Å²) in [7, 11) is 2.91. The third-order valence-electron chi connectivity index (χ3n) is 4.60. The Balaban J connectivity index is 1.98. The topological polar surface area (TPSA) is 118 Å². The molecule has 9 heteroatoms. The van der Waals surface area contributed by atoms with Gasteiger partial charge in [-0.15, -0.1) is 0 Å². The SMILES string of the molecule is COc1cc(NC(=O)c2cccc(C(=O)O)n2)c(C(=O)N2CCCC2)cc1OC. The first kappa shape index (κ1) is 20.1. The van der Waals surface area contributed by atoms with Gasteiger partial charge in [0.25, 0.3) is 11.8 Å². The smallest absolute Gasteiger partial charge is 0.354 e. The minimum Gasteiger partial charge on any atom is -0.493 e. The van der Waals surface area contributed by atoms with Crippen molar-refractivity contribution in [3.8, 4) is 11.5 Å². The number of likely N-dealkylation sites (tertiary alicyclic amines) is 1. The number of hydrogen-bond acceptors (Lipinski definition) is 6. The molecule has 1 aromatic carbocycles. The molecular formula is C20H21N3O6. The van der Waals surface area contributed by atoms with E-state index in [9.17, 15) is 14.4 Å². The molecule has 2 heterocycles. The maximum Gasteiger partial charge on any atom is 0.354 e. The monoisotopic (exact) mass is 399 g/mol. The summed E-state index contributed by atoms with van der Waals surface area (Å²) >= 11 is 0. The molecule has 0 bridgehead atoms. The van der Waals surface area contributed by atoms with Crippen molar-refractivity contribution in [3.63, 3.8) is 0 Å². The predicted molar refractivity (Wildman–Crippen MR) is 104 cm³/mol. The van der Waals surface area contributed by atoms with Crippen molar-refractivity contribution in [1.29, 1.82) is 0 Å². The van der Waals surface area contributed by atoms with Crippen LogP contribution in [0.25, 0.3) is 0 Å². The van der Waals surface area contributed by atoms with Crippen molar-refractivity contribution >= 4 is 23.5 Å². The van der Waals surface area contributed by atoms with E-state index in [1.807, 2.05) is 0 Å². The molecule has 1 saturated heterocycles. The van der Waals surface area contributed by atoms with Gasteiger partial charge in [-0.3, -0.25) is 9.59 Å². The maximum atomic E-state index is 13.0. The number of ether oxygens (including phenoxy) is 2. The second kappa shape index (κ2) is 8.59. The van der Waals surface area contributed by atoms with Crippen LogP contribution in [0.1, 0.15) is 44.2 Å². The lowest BCUT2D eigenvalue weighted by Gasteiger charge is -2.20. The van der Waals surface area contributed by atoms with Crippen molar-refractivity contribution in [1.82, 2.24) is 9.88 Å². The molecule has 1 aliphatic rings. The second-order valence-corrected chi connectivity index (χ2v) is 6.42. The molecule has 2 amide bonds. The molecule has 0 saturated carbocycles. The molecule has 0 aliphatic carbocycles. The van der Waals surface area contributed by atoms with Gasteiger partial charge in [-0.1, -0.05) is 6.07 Å². The Morgan fingerprint density at radius 2 is 1.66 bits per heavy atom. The van der Waals surface area contributed by atoms with E-state index in [0.717, 1.165) is 12.8 Å². The van der Waals surface area contributed by atoms with E-state index >= 15 is 0 Å². The van der Waals surface area contributed by atoms with Gasteiger partial charge >= 0.3 is 5.97 Å². The number of aromatic nitrogens is 1. The summed E-state index contributed by atoms with van der Waals surface area (Å²) in [5.41, 5.74) is 0.150. The number of aromatic carboxylic acids is 1. The lowest BCUT2D eigenvalue weighted by atomic mass is 10.1. The first-order chi connectivity index (χ1) is 13.9. The van der Waals surface area contributed by atoms with E-state index < -0.39 is 11.9 Å². The third kappa shape index (κ3) is 4.29. The van der Waals surface area contributed by atoms with E-state index in [2.05, 4.69) is 10.3 Å². The summed E-state index contributed by atoms with van der Waals surface area (Å²) in [4.78, 5) is 42.3. The summed E-state index contributed by atoms with van der Waals surface area (Å²) in [6, 6.07) is 7.13. The molecule has 2 N–H and O–H groups in total. The highest BCUT2D eigenvalue weighted by Crippen LogP contribution is 2.34. The van der Waals surface area contributed by atoms with Crippen molar-refractivity contribution in [2.75, 3.05) is 32.6 Å². The standard InChI is InChI=1S/C20H21N3O6/c1-28-16-10-12(19(25)23-8-3-4-9-23)15(11-17(16)29-2)22-18(24)13-6-5-7-14(21-13)20(26)27/h5-7,10-11H,3-4,8-9H2,1-2H3,(H,22,24)(H,26,27). The summed E-state index contributed by atoms with van der Waals surface area (Å²) in [5, 5.41) is 11.7. The molecular weight excluding hydrogens is 378 g/mol. The summed E-state index contributed by atoms with van der Waals surface area (Å²) in [5.74, 6) is -1.41. The van der Waals surface area contributed by atoms with Crippen LogP contribution < -0.4 is 14.8 Å². The Hall–Kier alpha value is -3.62. The van der Waals surface area contributed by atoms with Crippen LogP contribution in [-0.2, 0) is 0 Å². The lowest BCUT2D eigenvalue weighted by molar-refractivity contribution is 0.0689. The van der Waals surface area contributed by atoms with Crippen LogP contribution in [0.5, 0.6) is 11.5 Å². The Morgan fingerprint density at radius 3 is 2.28 bits per heavy atom. The number of rotatable bonds is 6. The molecule has 0 unspecified atom stereocenters. The maximum absolute atomic E-state index is 13.0. The van der Waals surface area contributed by atoms with Gasteiger partial charge in [-0.25, -0.2) is 9.78 Å². The molecule has 152 valence electrons. The van der Waals surface area contributed by atoms with Gasteiger partial charge in [0.05, 0.1) is 25.5 Å². The van der Waals surface area contributed by atoms with E-state index in [0.29, 0.717) is 24.6 Å². The van der Waals surface area contributed by atoms with Crippen molar-refractivity contribution in [2.45, 2.75) is 12.8 Å². The number of amides is 2. The summed E-state index contributed by atoms with van der Waals surface area (Å²) in [6.07, 6.45) is 1.85. The molecule has 29 heavy (non-hydrogen) atoms. The highest BCUT2D eigenvalue weighted by Gasteiger charge is 2.25. The average molecular weight is 399 g/mol. The zero-order valence-electron chi connectivity index (χ0n) is 16.1. The van der Waals surface area contributed by atoms with Crippen LogP contribution in [0.4, 0.5) is 5.69 Å². The van der Waals surface area contributed by atoms with Gasteiger partial charge in [-0.2, -0.15) is 0 Å². The number of methoxy groups -OCH3 is 2. The number of carboxylic acid groups (broad SMARTS) is 1. The number of carboxylic acids is 1. The molecule has 0 atom stereocenters. The first-order valence-corrected chi connectivity index (χ1v) is 9.01. The molecule has 1 fully saturated rings. The van der Waals surface area contributed by atoms with Crippen LogP contribution in [0.15, 0.2) is 30.3 Å². The number of carbonyl (C=O) groups is 3. The lowest BCUT2D eigenvalue weighted by Crippen LogP contribution is -2.29. The third-order valence-corrected chi connectivity index (χ3v) is 4.60. The Bertz CT molecular complexity index is 953. The highest BCUT2D eigenvalue weighted by atomic mass is 16.5. The van der Waals surface area contributed by atoms with Gasteiger partial charge in [-0.05, 0) is 31.0 Å². The quantitative estimate of drug-likeness (QED) is 0.765. The van der Waals surface area contributed by atoms with Crippen LogP contribution >= 0.6 is 0 Å². The second-order valence-electron chi connectivity index (χ2n) is 6.42. The number of anilines is 1. The van der Waals surface area contributed by atoms with Gasteiger partial charge in [0.15, 0.2) is 11.5 Å². The van der Waals surface area contributed by atoms with Gasteiger partial charge in [0.1, 0.15) is 11.4 Å². The number of hydrogen-bond donors (Lipinski definition) is 2. The fourth-order valence-electron chi connectivity index (χ4n) is 3.12. The van der Waals surface area contributed by atoms with E-state index in [1.54, 1.807) is 4.90 Å². The van der Waals surface area contributed by atoms with Crippen LogP contribution in [0.2, 0.25) is 0 Å². The molecule has 1 aromatic heterocycles. The number of pyridine rings is 1. The fraction of sp³-hybridized carbons (Fsp3) is 0.300. The largest absolute Gasteiger partial charge is 0.493 e. The summed E-state index contributed by atoms with van der Waals surface area (Å²) in [6.45, 7) is 1.28. The van der Waals surface area contributed by atoms with Gasteiger partial charge in [0, 0.05) is 19.2 Å². The van der Waals surface area contributed by atoms with Gasteiger partial charge in [0.2, 0.25) is 0 Å². The molecule has 9 nitrogen and oxygen atoms in total. The number of benzene rings is 1. The predicted octanol–water partition coefficient (Wildman–Crippen LogP) is 2.29. The van der Waals surface area contributed by atoms with Crippen molar-refractivity contribution in [2.24, 2.45) is 0 Å². The normalized spacial score (nSPS) is 13.1. The Labute approximate surface area is 167 Å². The molecule has 0 spiro atoms. The zero-order valence-corrected chi connectivity index (χ0v) is 16.1. The first-order valence-electron chi connectivity index (χ1n) is 9.01. The minimum absolute atomic E-state index is 0.0840. The van der Waals surface area contributed by atoms with E-state index in [1.165, 1.54) is 44.6 Å². The molecule has 0 radical (unpaired) electrons. The fourth-order valence-corrected chi connectivity index (χ4v) is 3.12. The van der Waals surface area contributed by atoms with Crippen molar-refractivity contribution < 1.29 is 29.0 Å². The molecule has 3 rings (SSSR count). The Kier molecular flexibility index (Phi) is 5.96. The Morgan fingerprint density at radius 1 is 1.03 bits per heavy atom. The van der Waals surface area contributed by atoms with Crippen LogP contribution in [0.3, 0.4) is 0 Å². The highest BCUT2D eigenvalue weighted by molar-refractivity contribution is 6.09. The molecule has 2 aromatic rings. The molecule has 1 aliphatic heterocycles. The number of nitrogens with one attached hydrogen (secondary N) is 1. The minimum atomic E-state index is -1.24. The van der Waals surface area contributed by atoms with E-state index in [-0.39, 0.29) is 28.5 Å². The van der Waals surface area contributed by atoms with Crippen molar-refractivity contribution in [3.05, 3.63) is 47.3 Å². The average Bonchev–Trinajstić information content (AvgIpc) is 3.27. The zero-order chi connectivity index (χ0) is 21.0. The van der Waals surface area contributed by atoms with Crippen LogP contribution in [0, 0.1) is 0 Å². The summed E-state index contributed by atoms with van der Waals surface area (Å²) < 4.78 is 10.6. The van der Waals surface area contributed by atoms with Gasteiger partial charge < -0.3 is 24.8 Å².